The van der Waals surface area contributed by atoms with Crippen molar-refractivity contribution in [1.82, 2.24) is 0 Å². The van der Waals surface area contributed by atoms with Crippen molar-refractivity contribution in [2.75, 3.05) is 18.4 Å². The van der Waals surface area contributed by atoms with Gasteiger partial charge in [0.25, 0.3) is 0 Å². The summed E-state index contributed by atoms with van der Waals surface area (Å²) < 4.78 is 0. The quantitative estimate of drug-likeness (QED) is 0.782. The molecule has 0 aliphatic heterocycles. The molecule has 0 radical (unpaired) electrons. The van der Waals surface area contributed by atoms with Crippen LogP contribution in [0.5, 0.6) is 0 Å². The molecule has 5 N–H and O–H groups in total. The monoisotopic (exact) mass is 287 g/mol. The molecule has 0 atom stereocenters. The maximum absolute atomic E-state index is 11.1. The van der Waals surface area contributed by atoms with E-state index < -0.39 is 0 Å². The van der Waals surface area contributed by atoms with Crippen LogP contribution in [-0.4, -0.2) is 19.0 Å². The van der Waals surface area contributed by atoms with E-state index in [1.54, 1.807) is 0 Å². The number of hydrogen-bond acceptors (Lipinski definition) is 3. The Bertz CT molecular complexity index is 381. The van der Waals surface area contributed by atoms with Crippen LogP contribution in [0.1, 0.15) is 31.9 Å². The molecule has 5 heteroatoms. The summed E-state index contributed by atoms with van der Waals surface area (Å²) in [6.07, 6.45) is 0. The lowest BCUT2D eigenvalue weighted by molar-refractivity contribution is -0.114. The molecule has 0 unspecified atom stereocenters. The Balaban J connectivity index is 0. The van der Waals surface area contributed by atoms with Crippen molar-refractivity contribution in [1.29, 1.82) is 0 Å². The van der Waals surface area contributed by atoms with Crippen LogP contribution in [-0.2, 0) is 4.79 Å². The second-order valence-corrected chi connectivity index (χ2v) is 3.98. The first-order valence-corrected chi connectivity index (χ1v) is 6.80. The van der Waals surface area contributed by atoms with E-state index in [0.29, 0.717) is 5.02 Å². The number of aryl methyl sites for hydroxylation is 2. The molecule has 1 aromatic carbocycles. The van der Waals surface area contributed by atoms with Crippen molar-refractivity contribution in [3.8, 4) is 0 Å². The Labute approximate surface area is 121 Å². The highest BCUT2D eigenvalue weighted by Gasteiger charge is 2.05. The van der Waals surface area contributed by atoms with E-state index in [-0.39, 0.29) is 12.5 Å². The number of hydrogen-bond donors (Lipinski definition) is 3. The van der Waals surface area contributed by atoms with Gasteiger partial charge in [0.15, 0.2) is 0 Å². The molecule has 0 aliphatic rings. The minimum absolute atomic E-state index is 0.0128. The maximum atomic E-state index is 11.1. The lowest BCUT2D eigenvalue weighted by atomic mass is 10.1. The first kappa shape index (κ1) is 20.2. The largest absolute Gasteiger partial charge is 0.331 e. The van der Waals surface area contributed by atoms with Gasteiger partial charge in [-0.1, -0.05) is 32.4 Å². The van der Waals surface area contributed by atoms with Crippen LogP contribution in [0.2, 0.25) is 5.02 Å². The summed E-state index contributed by atoms with van der Waals surface area (Å²) in [6.45, 7) is 10.4. The molecule has 19 heavy (non-hydrogen) atoms. The number of anilines is 1. The second-order valence-electron chi connectivity index (χ2n) is 3.58. The van der Waals surface area contributed by atoms with Crippen molar-refractivity contribution in [3.05, 3.63) is 28.3 Å². The maximum Gasteiger partial charge on any atom is 0.238 e. The van der Waals surface area contributed by atoms with Gasteiger partial charge in [0.1, 0.15) is 0 Å². The normalized spacial score (nSPS) is 8.63. The fourth-order valence-corrected chi connectivity index (χ4v) is 1.34. The molecule has 0 saturated heterocycles. The molecule has 0 heterocycles. The predicted molar refractivity (Wildman–Crippen MR) is 84.7 cm³/mol. The van der Waals surface area contributed by atoms with E-state index in [0.717, 1.165) is 23.4 Å². The Morgan fingerprint density at radius 1 is 1.21 bits per heavy atom. The number of nitrogens with two attached hydrogens (primary N) is 2. The zero-order valence-corrected chi connectivity index (χ0v) is 13.3. The second kappa shape index (κ2) is 12.0. The number of amides is 1. The minimum Gasteiger partial charge on any atom is -0.331 e. The van der Waals surface area contributed by atoms with E-state index in [9.17, 15) is 4.79 Å². The van der Waals surface area contributed by atoms with Gasteiger partial charge >= 0.3 is 0 Å². The summed E-state index contributed by atoms with van der Waals surface area (Å²) in [5.74, 6) is -0.199. The van der Waals surface area contributed by atoms with Crippen LogP contribution in [0.3, 0.4) is 0 Å². The van der Waals surface area contributed by atoms with E-state index in [2.05, 4.69) is 5.32 Å². The van der Waals surface area contributed by atoms with Crippen LogP contribution >= 0.6 is 11.6 Å². The molecule has 4 nitrogen and oxygen atoms in total. The van der Waals surface area contributed by atoms with Gasteiger partial charge in [0.2, 0.25) is 5.91 Å². The van der Waals surface area contributed by atoms with Gasteiger partial charge in [-0.05, 0) is 43.7 Å². The minimum atomic E-state index is -0.199. The van der Waals surface area contributed by atoms with Gasteiger partial charge in [-0.15, -0.1) is 0 Å². The summed E-state index contributed by atoms with van der Waals surface area (Å²) in [7, 11) is 0. The van der Waals surface area contributed by atoms with Gasteiger partial charge in [0.05, 0.1) is 6.54 Å². The lowest BCUT2D eigenvalue weighted by Crippen LogP contribution is -2.22. The summed E-state index contributed by atoms with van der Waals surface area (Å²) in [6, 6.07) is 3.66. The highest BCUT2D eigenvalue weighted by molar-refractivity contribution is 6.31. The average Bonchev–Trinajstić information content (AvgIpc) is 2.39. The highest BCUT2D eigenvalue weighted by atomic mass is 35.5. The zero-order valence-electron chi connectivity index (χ0n) is 12.5. The first-order chi connectivity index (χ1) is 8.96. The van der Waals surface area contributed by atoms with E-state index in [4.69, 9.17) is 23.1 Å². The predicted octanol–water partition coefficient (Wildman–Crippen LogP) is 2.85. The molecule has 110 valence electrons. The molecule has 1 rings (SSSR count). The van der Waals surface area contributed by atoms with Crippen molar-refractivity contribution in [2.24, 2.45) is 11.5 Å². The SMILES string of the molecule is CC.CCN.Cc1cc(NC(=O)CN)c(C)cc1Cl. The number of carbonyl (C=O) groups is 1. The van der Waals surface area contributed by atoms with Crippen molar-refractivity contribution >= 4 is 23.2 Å². The molecule has 1 amide bonds. The van der Waals surface area contributed by atoms with Gasteiger partial charge in [-0.3, -0.25) is 4.79 Å². The number of rotatable bonds is 2. The van der Waals surface area contributed by atoms with Crippen LogP contribution in [0, 0.1) is 13.8 Å². The van der Waals surface area contributed by atoms with Crippen LogP contribution in [0.25, 0.3) is 0 Å². The number of halogens is 1. The van der Waals surface area contributed by atoms with Crippen LogP contribution in [0.15, 0.2) is 12.1 Å². The molecular formula is C14H26ClN3O. The Morgan fingerprint density at radius 2 is 1.68 bits per heavy atom. The fraction of sp³-hybridized carbons (Fsp3) is 0.500. The molecule has 1 aromatic rings. The lowest BCUT2D eigenvalue weighted by Gasteiger charge is -2.09. The van der Waals surface area contributed by atoms with Gasteiger partial charge < -0.3 is 16.8 Å². The number of nitrogens with one attached hydrogen (secondary N) is 1. The number of carbonyl (C=O) groups excluding carboxylic acids is 1. The smallest absolute Gasteiger partial charge is 0.238 e. The van der Waals surface area contributed by atoms with Gasteiger partial charge in [0, 0.05) is 10.7 Å². The molecule has 0 aromatic heterocycles. The molecule has 0 aliphatic carbocycles. The first-order valence-electron chi connectivity index (χ1n) is 6.42. The Kier molecular flexibility index (Phi) is 12.7. The van der Waals surface area contributed by atoms with Crippen molar-refractivity contribution < 1.29 is 4.79 Å². The van der Waals surface area contributed by atoms with E-state index >= 15 is 0 Å². The third-order valence-corrected chi connectivity index (χ3v) is 2.37. The average molecular weight is 288 g/mol. The van der Waals surface area contributed by atoms with Crippen LogP contribution < -0.4 is 16.8 Å². The van der Waals surface area contributed by atoms with Crippen molar-refractivity contribution in [3.63, 3.8) is 0 Å². The highest BCUT2D eigenvalue weighted by Crippen LogP contribution is 2.23. The molecule has 0 fully saturated rings. The summed E-state index contributed by atoms with van der Waals surface area (Å²) in [5, 5.41) is 3.41. The molecular weight excluding hydrogens is 262 g/mol. The number of benzene rings is 1. The summed E-state index contributed by atoms with van der Waals surface area (Å²) in [5.41, 5.74) is 12.7. The third-order valence-electron chi connectivity index (χ3n) is 1.97. The fourth-order valence-electron chi connectivity index (χ4n) is 1.12. The van der Waals surface area contributed by atoms with Crippen LogP contribution in [0.4, 0.5) is 5.69 Å². The van der Waals surface area contributed by atoms with E-state index in [1.807, 2.05) is 46.8 Å². The summed E-state index contributed by atoms with van der Waals surface area (Å²) in [4.78, 5) is 11.1. The van der Waals surface area contributed by atoms with Gasteiger partial charge in [-0.2, -0.15) is 0 Å². The zero-order chi connectivity index (χ0) is 15.4. The van der Waals surface area contributed by atoms with Gasteiger partial charge in [-0.25, -0.2) is 0 Å². The standard InChI is InChI=1S/C10H13ClN2O.C2H7N.C2H6/c1-6-4-9(13-10(14)5-12)7(2)3-8(6)11;1-2-3;1-2/h3-4H,5,12H2,1-2H3,(H,13,14);2-3H2,1H3;1-2H3. The van der Waals surface area contributed by atoms with Crippen molar-refractivity contribution in [2.45, 2.75) is 34.6 Å². The Morgan fingerprint density at radius 3 is 2.11 bits per heavy atom. The molecule has 0 spiro atoms. The van der Waals surface area contributed by atoms with E-state index in [1.165, 1.54) is 0 Å². The molecule has 0 bridgehead atoms. The Hall–Kier alpha value is -1.10. The summed E-state index contributed by atoms with van der Waals surface area (Å²) >= 11 is 5.92. The third kappa shape index (κ3) is 8.59. The molecule has 0 saturated carbocycles. The topological polar surface area (TPSA) is 81.1 Å².